The Morgan fingerprint density at radius 1 is 0.611 bits per heavy atom. The summed E-state index contributed by atoms with van der Waals surface area (Å²) in [6.07, 6.45) is 0. The second-order valence-electron chi connectivity index (χ2n) is 3.64. The Morgan fingerprint density at radius 2 is 0.944 bits per heavy atom. The van der Waals surface area contributed by atoms with Crippen molar-refractivity contribution < 1.29 is 0 Å². The Balaban J connectivity index is 1.96. The SMILES string of the molecule is S=C(Nc1ccccc1)C(=S)Nc1ccccc1. The van der Waals surface area contributed by atoms with Crippen LogP contribution in [0.3, 0.4) is 0 Å². The quantitative estimate of drug-likeness (QED) is 0.811. The van der Waals surface area contributed by atoms with E-state index in [9.17, 15) is 0 Å². The predicted octanol–water partition coefficient (Wildman–Crippen LogP) is 3.87. The summed E-state index contributed by atoms with van der Waals surface area (Å²) in [5.41, 5.74) is 1.86. The molecule has 0 spiro atoms. The first-order valence-electron chi connectivity index (χ1n) is 5.48. The molecule has 0 aliphatic carbocycles. The first kappa shape index (κ1) is 12.7. The first-order chi connectivity index (χ1) is 8.75. The van der Waals surface area contributed by atoms with Crippen molar-refractivity contribution in [1.82, 2.24) is 0 Å². The van der Waals surface area contributed by atoms with Crippen molar-refractivity contribution in [3.05, 3.63) is 60.7 Å². The van der Waals surface area contributed by atoms with Gasteiger partial charge in [0, 0.05) is 11.4 Å². The van der Waals surface area contributed by atoms with Crippen LogP contribution in [0.15, 0.2) is 60.7 Å². The Hall–Kier alpha value is -1.78. The number of hydrogen-bond acceptors (Lipinski definition) is 2. The van der Waals surface area contributed by atoms with E-state index in [1.54, 1.807) is 0 Å². The van der Waals surface area contributed by atoms with E-state index < -0.39 is 0 Å². The van der Waals surface area contributed by atoms with Crippen LogP contribution in [0, 0.1) is 0 Å². The van der Waals surface area contributed by atoms with Gasteiger partial charge in [-0.2, -0.15) is 0 Å². The van der Waals surface area contributed by atoms with E-state index in [-0.39, 0.29) is 0 Å². The molecular weight excluding hydrogens is 260 g/mol. The lowest BCUT2D eigenvalue weighted by molar-refractivity contribution is 1.64. The Kier molecular flexibility index (Phi) is 4.39. The molecule has 0 bridgehead atoms. The van der Waals surface area contributed by atoms with Crippen molar-refractivity contribution in [2.45, 2.75) is 0 Å². The highest BCUT2D eigenvalue weighted by Crippen LogP contribution is 2.08. The Labute approximate surface area is 117 Å². The maximum Gasteiger partial charge on any atom is 0.138 e. The summed E-state index contributed by atoms with van der Waals surface area (Å²) in [6, 6.07) is 19.4. The second-order valence-corrected chi connectivity index (χ2v) is 4.46. The van der Waals surface area contributed by atoms with Gasteiger partial charge in [-0.15, -0.1) is 0 Å². The minimum atomic E-state index is 0.514. The molecule has 18 heavy (non-hydrogen) atoms. The Bertz CT molecular complexity index is 487. The molecule has 0 unspecified atom stereocenters. The zero-order valence-electron chi connectivity index (χ0n) is 9.59. The molecule has 0 aromatic heterocycles. The molecule has 0 saturated carbocycles. The van der Waals surface area contributed by atoms with E-state index in [2.05, 4.69) is 10.6 Å². The largest absolute Gasteiger partial charge is 0.344 e. The fourth-order valence-corrected chi connectivity index (χ4v) is 1.76. The zero-order chi connectivity index (χ0) is 12.8. The van der Waals surface area contributed by atoms with Crippen LogP contribution in [0.1, 0.15) is 0 Å². The lowest BCUT2D eigenvalue weighted by atomic mass is 10.3. The number of hydrogen-bond donors (Lipinski definition) is 2. The van der Waals surface area contributed by atoms with Gasteiger partial charge in [-0.25, -0.2) is 0 Å². The van der Waals surface area contributed by atoms with Gasteiger partial charge >= 0.3 is 0 Å². The molecule has 2 aromatic carbocycles. The summed E-state index contributed by atoms with van der Waals surface area (Å²) in [5, 5.41) is 6.18. The van der Waals surface area contributed by atoms with E-state index in [1.807, 2.05) is 60.7 Å². The van der Waals surface area contributed by atoms with Gasteiger partial charge in [-0.05, 0) is 24.3 Å². The predicted molar refractivity (Wildman–Crippen MR) is 85.3 cm³/mol. The third-order valence-corrected chi connectivity index (χ3v) is 3.01. The third-order valence-electron chi connectivity index (χ3n) is 2.27. The van der Waals surface area contributed by atoms with Crippen LogP contribution in [0.4, 0.5) is 11.4 Å². The van der Waals surface area contributed by atoms with Crippen LogP contribution in [0.5, 0.6) is 0 Å². The number of anilines is 2. The summed E-state index contributed by atoms with van der Waals surface area (Å²) >= 11 is 10.5. The molecular formula is C14H12N2S2. The molecule has 0 amide bonds. The number of nitrogens with one attached hydrogen (secondary N) is 2. The normalized spacial score (nSPS) is 9.56. The molecule has 2 nitrogen and oxygen atoms in total. The molecule has 2 rings (SSSR count). The van der Waals surface area contributed by atoms with Gasteiger partial charge in [0.2, 0.25) is 0 Å². The van der Waals surface area contributed by atoms with Crippen LogP contribution in [0.25, 0.3) is 0 Å². The summed E-state index contributed by atoms with van der Waals surface area (Å²) in [5.74, 6) is 0. The maximum atomic E-state index is 5.24. The van der Waals surface area contributed by atoms with E-state index in [4.69, 9.17) is 24.4 Å². The molecule has 0 atom stereocenters. The first-order valence-corrected chi connectivity index (χ1v) is 6.30. The van der Waals surface area contributed by atoms with Gasteiger partial charge in [0.1, 0.15) is 9.98 Å². The molecule has 2 aromatic rings. The standard InChI is InChI=1S/C14H12N2S2/c17-13(15-11-7-3-1-4-8-11)14(18)16-12-9-5-2-6-10-12/h1-10H,(H,15,17)(H,16,18). The number of benzene rings is 2. The van der Waals surface area contributed by atoms with Crippen LogP contribution in [-0.4, -0.2) is 9.98 Å². The van der Waals surface area contributed by atoms with E-state index in [0.29, 0.717) is 9.98 Å². The number of para-hydroxylation sites is 2. The van der Waals surface area contributed by atoms with Gasteiger partial charge in [0.15, 0.2) is 0 Å². The topological polar surface area (TPSA) is 24.1 Å². The van der Waals surface area contributed by atoms with Crippen molar-refractivity contribution >= 4 is 45.8 Å². The monoisotopic (exact) mass is 272 g/mol. The highest BCUT2D eigenvalue weighted by molar-refractivity contribution is 7.89. The number of thiocarbonyl (C=S) groups is 2. The van der Waals surface area contributed by atoms with Crippen molar-refractivity contribution in [1.29, 1.82) is 0 Å². The molecule has 0 saturated heterocycles. The van der Waals surface area contributed by atoms with E-state index in [0.717, 1.165) is 11.4 Å². The maximum absolute atomic E-state index is 5.24. The van der Waals surface area contributed by atoms with Crippen LogP contribution < -0.4 is 10.6 Å². The molecule has 2 N–H and O–H groups in total. The van der Waals surface area contributed by atoms with Gasteiger partial charge in [-0.3, -0.25) is 0 Å². The molecule has 0 fully saturated rings. The van der Waals surface area contributed by atoms with Gasteiger partial charge in [0.05, 0.1) is 0 Å². The van der Waals surface area contributed by atoms with Gasteiger partial charge in [-0.1, -0.05) is 60.8 Å². The zero-order valence-corrected chi connectivity index (χ0v) is 11.2. The average Bonchev–Trinajstić information content (AvgIpc) is 2.41. The molecule has 0 aliphatic heterocycles. The fraction of sp³-hybridized carbons (Fsp3) is 0. The van der Waals surface area contributed by atoms with Crippen molar-refractivity contribution in [3.63, 3.8) is 0 Å². The average molecular weight is 272 g/mol. The number of rotatable bonds is 2. The van der Waals surface area contributed by atoms with Gasteiger partial charge in [0.25, 0.3) is 0 Å². The van der Waals surface area contributed by atoms with Crippen LogP contribution in [0.2, 0.25) is 0 Å². The molecule has 0 radical (unpaired) electrons. The fourth-order valence-electron chi connectivity index (χ4n) is 1.42. The lowest BCUT2D eigenvalue weighted by Crippen LogP contribution is -2.25. The van der Waals surface area contributed by atoms with E-state index in [1.165, 1.54) is 0 Å². The molecule has 0 aliphatic rings. The smallest absolute Gasteiger partial charge is 0.138 e. The summed E-state index contributed by atoms with van der Waals surface area (Å²) in [7, 11) is 0. The van der Waals surface area contributed by atoms with E-state index >= 15 is 0 Å². The van der Waals surface area contributed by atoms with Crippen molar-refractivity contribution in [2.75, 3.05) is 10.6 Å². The summed E-state index contributed by atoms with van der Waals surface area (Å²) in [6.45, 7) is 0. The molecule has 90 valence electrons. The van der Waals surface area contributed by atoms with Crippen molar-refractivity contribution in [2.24, 2.45) is 0 Å². The highest BCUT2D eigenvalue weighted by atomic mass is 32.1. The van der Waals surface area contributed by atoms with Crippen LogP contribution in [-0.2, 0) is 0 Å². The summed E-state index contributed by atoms with van der Waals surface area (Å²) in [4.78, 5) is 1.03. The third kappa shape index (κ3) is 3.61. The minimum Gasteiger partial charge on any atom is -0.344 e. The van der Waals surface area contributed by atoms with Gasteiger partial charge < -0.3 is 10.6 Å². The second kappa shape index (κ2) is 6.23. The highest BCUT2D eigenvalue weighted by Gasteiger charge is 2.04. The summed E-state index contributed by atoms with van der Waals surface area (Å²) < 4.78 is 0. The molecule has 4 heteroatoms. The Morgan fingerprint density at radius 3 is 1.28 bits per heavy atom. The lowest BCUT2D eigenvalue weighted by Gasteiger charge is -2.11. The molecule has 0 heterocycles. The van der Waals surface area contributed by atoms with Crippen molar-refractivity contribution in [3.8, 4) is 0 Å². The van der Waals surface area contributed by atoms with Crippen LogP contribution >= 0.6 is 24.4 Å². The minimum absolute atomic E-state index is 0.514.